The van der Waals surface area contributed by atoms with E-state index in [1.54, 1.807) is 29.5 Å². The summed E-state index contributed by atoms with van der Waals surface area (Å²) in [6.07, 6.45) is 3.65. The fourth-order valence-corrected chi connectivity index (χ4v) is 4.79. The van der Waals surface area contributed by atoms with E-state index >= 15 is 0 Å². The number of anilines is 2. The van der Waals surface area contributed by atoms with Crippen molar-refractivity contribution in [3.63, 3.8) is 0 Å². The number of nitrogens with zero attached hydrogens (tertiary/aromatic N) is 6. The highest BCUT2D eigenvalue weighted by Gasteiger charge is 2.19. The van der Waals surface area contributed by atoms with Gasteiger partial charge in [-0.25, -0.2) is 9.78 Å². The molecule has 0 aliphatic carbocycles. The van der Waals surface area contributed by atoms with Crippen LogP contribution in [-0.2, 0) is 11.8 Å². The molecule has 5 aromatic rings. The largest absolute Gasteiger partial charge is 0.384 e. The maximum absolute atomic E-state index is 13.6. The molecule has 0 aliphatic heterocycles. The van der Waals surface area contributed by atoms with Crippen molar-refractivity contribution < 1.29 is 4.74 Å². The molecule has 9 heteroatoms. The number of methoxy groups -OCH3 is 1. The van der Waals surface area contributed by atoms with E-state index in [1.807, 2.05) is 56.3 Å². The van der Waals surface area contributed by atoms with Crippen molar-refractivity contribution in [3.8, 4) is 16.8 Å². The molecule has 4 aromatic heterocycles. The van der Waals surface area contributed by atoms with Crippen LogP contribution in [0.25, 0.3) is 38.8 Å². The van der Waals surface area contributed by atoms with Gasteiger partial charge in [-0.05, 0) is 56.7 Å². The summed E-state index contributed by atoms with van der Waals surface area (Å²) in [5.41, 5.74) is 7.71. The van der Waals surface area contributed by atoms with Gasteiger partial charge in [-0.2, -0.15) is 0 Å². The van der Waals surface area contributed by atoms with Crippen molar-refractivity contribution >= 4 is 33.4 Å². The first-order valence-corrected chi connectivity index (χ1v) is 12.7. The number of nitrogens with one attached hydrogen (secondary N) is 1. The number of aryl methyl sites for hydroxylation is 3. The standard InChI is InChI=1S/C29H33N7O2/c1-7-30-24-15-21(16-31-18(24)2)20-8-9-23-22(14-20)28-26(17-32-23)35(5)29(37)36(28)25-10-11-27(33-19(25)3)34(4)12-13-38-6/h8-11,14-17,30H,7,12-13H2,1-6H3. The molecule has 1 N–H and O–H groups in total. The molecule has 0 amide bonds. The van der Waals surface area contributed by atoms with Crippen molar-refractivity contribution in [1.82, 2.24) is 24.1 Å². The van der Waals surface area contributed by atoms with Crippen LogP contribution in [0, 0.1) is 13.8 Å². The molecule has 0 fully saturated rings. The number of hydrogen-bond acceptors (Lipinski definition) is 7. The number of fused-ring (bicyclic) bond motifs is 3. The van der Waals surface area contributed by atoms with E-state index in [9.17, 15) is 4.79 Å². The quantitative estimate of drug-likeness (QED) is 0.329. The number of hydrogen-bond donors (Lipinski definition) is 1. The molecular weight excluding hydrogens is 478 g/mol. The van der Waals surface area contributed by atoms with Crippen LogP contribution in [0.3, 0.4) is 0 Å². The van der Waals surface area contributed by atoms with E-state index in [4.69, 9.17) is 9.72 Å². The minimum absolute atomic E-state index is 0.142. The Morgan fingerprint density at radius 1 is 1.03 bits per heavy atom. The number of pyridine rings is 3. The molecule has 196 valence electrons. The Morgan fingerprint density at radius 3 is 2.58 bits per heavy atom. The molecular formula is C29H33N7O2. The average Bonchev–Trinajstić information content (AvgIpc) is 3.18. The Kier molecular flexibility index (Phi) is 6.86. The molecule has 5 rings (SSSR count). The summed E-state index contributed by atoms with van der Waals surface area (Å²) in [6, 6.07) is 12.2. The summed E-state index contributed by atoms with van der Waals surface area (Å²) in [6.45, 7) is 8.15. The zero-order valence-electron chi connectivity index (χ0n) is 22.7. The smallest absolute Gasteiger partial charge is 0.333 e. The second-order valence-electron chi connectivity index (χ2n) is 9.48. The predicted octanol–water partition coefficient (Wildman–Crippen LogP) is 4.47. The lowest BCUT2D eigenvalue weighted by Gasteiger charge is -2.19. The number of aromatic nitrogens is 5. The maximum atomic E-state index is 13.6. The molecule has 0 bridgehead atoms. The van der Waals surface area contributed by atoms with Crippen molar-refractivity contribution in [1.29, 1.82) is 0 Å². The van der Waals surface area contributed by atoms with E-state index < -0.39 is 0 Å². The molecule has 4 heterocycles. The van der Waals surface area contributed by atoms with Crippen molar-refractivity contribution in [2.75, 3.05) is 44.1 Å². The zero-order chi connectivity index (χ0) is 27.0. The van der Waals surface area contributed by atoms with Crippen LogP contribution in [0.5, 0.6) is 0 Å². The summed E-state index contributed by atoms with van der Waals surface area (Å²) < 4.78 is 8.59. The van der Waals surface area contributed by atoms with Gasteiger partial charge in [-0.1, -0.05) is 6.07 Å². The molecule has 0 atom stereocenters. The third-order valence-corrected chi connectivity index (χ3v) is 6.98. The van der Waals surface area contributed by atoms with Gasteiger partial charge < -0.3 is 15.0 Å². The zero-order valence-corrected chi connectivity index (χ0v) is 22.7. The van der Waals surface area contributed by atoms with Gasteiger partial charge >= 0.3 is 5.69 Å². The van der Waals surface area contributed by atoms with Gasteiger partial charge in [0.2, 0.25) is 0 Å². The first kappa shape index (κ1) is 25.4. The molecule has 0 aliphatic rings. The number of imidazole rings is 1. The van der Waals surface area contributed by atoms with Gasteiger partial charge in [0.05, 0.1) is 52.1 Å². The summed E-state index contributed by atoms with van der Waals surface area (Å²) in [7, 11) is 5.44. The molecule has 0 saturated carbocycles. The third kappa shape index (κ3) is 4.39. The predicted molar refractivity (Wildman–Crippen MR) is 154 cm³/mol. The highest BCUT2D eigenvalue weighted by molar-refractivity contribution is 6.04. The minimum atomic E-state index is -0.142. The second-order valence-corrected chi connectivity index (χ2v) is 9.48. The van der Waals surface area contributed by atoms with Crippen LogP contribution in [0.4, 0.5) is 11.5 Å². The Hall–Kier alpha value is -4.24. The first-order chi connectivity index (χ1) is 18.3. The van der Waals surface area contributed by atoms with E-state index in [-0.39, 0.29) is 5.69 Å². The molecule has 38 heavy (non-hydrogen) atoms. The summed E-state index contributed by atoms with van der Waals surface area (Å²) in [4.78, 5) is 29.7. The van der Waals surface area contributed by atoms with Gasteiger partial charge in [-0.15, -0.1) is 0 Å². The molecule has 1 aromatic carbocycles. The Labute approximate surface area is 221 Å². The summed E-state index contributed by atoms with van der Waals surface area (Å²) in [5, 5.41) is 4.28. The summed E-state index contributed by atoms with van der Waals surface area (Å²) >= 11 is 0. The number of benzene rings is 1. The van der Waals surface area contributed by atoms with Crippen LogP contribution in [-0.4, -0.2) is 57.9 Å². The Balaban J connectivity index is 1.70. The van der Waals surface area contributed by atoms with Gasteiger partial charge in [0.25, 0.3) is 0 Å². The average molecular weight is 512 g/mol. The van der Waals surface area contributed by atoms with Crippen molar-refractivity contribution in [2.45, 2.75) is 20.8 Å². The molecule has 0 unspecified atom stereocenters. The van der Waals surface area contributed by atoms with Gasteiger partial charge in [0.1, 0.15) is 5.82 Å². The number of rotatable bonds is 8. The fraction of sp³-hybridized carbons (Fsp3) is 0.310. The molecule has 0 saturated heterocycles. The van der Waals surface area contributed by atoms with Crippen molar-refractivity contribution in [3.05, 3.63) is 70.7 Å². The third-order valence-electron chi connectivity index (χ3n) is 6.98. The van der Waals surface area contributed by atoms with Crippen molar-refractivity contribution in [2.24, 2.45) is 7.05 Å². The Bertz CT molecular complexity index is 1700. The molecule has 0 radical (unpaired) electrons. The molecule has 9 nitrogen and oxygen atoms in total. The minimum Gasteiger partial charge on any atom is -0.384 e. The van der Waals surface area contributed by atoms with Crippen LogP contribution in [0.1, 0.15) is 18.3 Å². The topological polar surface area (TPSA) is 90.1 Å². The summed E-state index contributed by atoms with van der Waals surface area (Å²) in [5.74, 6) is 0.828. The number of likely N-dealkylation sites (N-methyl/N-ethyl adjacent to an activating group) is 1. The molecule has 0 spiro atoms. The second kappa shape index (κ2) is 10.3. The van der Waals surface area contributed by atoms with Gasteiger partial charge in [-0.3, -0.25) is 19.1 Å². The van der Waals surface area contributed by atoms with E-state index in [0.29, 0.717) is 6.61 Å². The Morgan fingerprint density at radius 2 is 1.84 bits per heavy atom. The highest BCUT2D eigenvalue weighted by atomic mass is 16.5. The van der Waals surface area contributed by atoms with E-state index in [2.05, 4.69) is 34.3 Å². The van der Waals surface area contributed by atoms with Crippen LogP contribution < -0.4 is 15.9 Å². The fourth-order valence-electron chi connectivity index (χ4n) is 4.79. The van der Waals surface area contributed by atoms with Crippen LogP contribution in [0.2, 0.25) is 0 Å². The number of ether oxygens (including phenoxy) is 1. The lowest BCUT2D eigenvalue weighted by atomic mass is 10.0. The van der Waals surface area contributed by atoms with Gasteiger partial charge in [0.15, 0.2) is 0 Å². The lowest BCUT2D eigenvalue weighted by molar-refractivity contribution is 0.206. The maximum Gasteiger partial charge on any atom is 0.333 e. The SMILES string of the molecule is CCNc1cc(-c2ccc3ncc4c(c3c2)n(-c2ccc(N(C)CCOC)nc2C)c(=O)n4C)cnc1C. The van der Waals surface area contributed by atoms with Crippen LogP contribution in [0.15, 0.2) is 53.6 Å². The highest BCUT2D eigenvalue weighted by Crippen LogP contribution is 2.31. The normalized spacial score (nSPS) is 11.4. The lowest BCUT2D eigenvalue weighted by Crippen LogP contribution is -2.24. The first-order valence-electron chi connectivity index (χ1n) is 12.7. The van der Waals surface area contributed by atoms with Crippen LogP contribution >= 0.6 is 0 Å². The van der Waals surface area contributed by atoms with E-state index in [1.165, 1.54) is 0 Å². The van der Waals surface area contributed by atoms with E-state index in [0.717, 1.165) is 74.7 Å². The van der Waals surface area contributed by atoms with Gasteiger partial charge in [0, 0.05) is 51.4 Å². The monoisotopic (exact) mass is 511 g/mol.